The molecule has 104 valence electrons. The molecule has 5 heteroatoms. The molecule has 1 aliphatic carbocycles. The molecule has 0 fully saturated rings. The molecule has 1 aromatic rings. The van der Waals surface area contributed by atoms with Crippen LogP contribution in [0.3, 0.4) is 0 Å². The minimum atomic E-state index is -0.273. The van der Waals surface area contributed by atoms with Crippen molar-refractivity contribution in [2.45, 2.75) is 25.8 Å². The van der Waals surface area contributed by atoms with Crippen LogP contribution in [-0.2, 0) is 20.6 Å². The van der Waals surface area contributed by atoms with Crippen LogP contribution in [0.15, 0.2) is 27.8 Å². The van der Waals surface area contributed by atoms with Gasteiger partial charge in [0.15, 0.2) is 0 Å². The van der Waals surface area contributed by atoms with Gasteiger partial charge in [-0.1, -0.05) is 12.2 Å². The van der Waals surface area contributed by atoms with Crippen LogP contribution in [-0.4, -0.2) is 15.7 Å². The molecule has 2 rings (SSSR count). The molecule has 5 nitrogen and oxygen atoms in total. The Bertz CT molecular complexity index is 583. The highest BCUT2D eigenvalue weighted by atomic mass is 16.2. The zero-order valence-electron chi connectivity index (χ0n) is 11.6. The van der Waals surface area contributed by atoms with Crippen LogP contribution in [0.5, 0.6) is 0 Å². The van der Waals surface area contributed by atoms with Gasteiger partial charge < -0.3 is 5.32 Å². The molecule has 1 atom stereocenters. The summed E-state index contributed by atoms with van der Waals surface area (Å²) >= 11 is 0. The number of allylic oxidation sites excluding steroid dienone is 2. The molecular formula is C14H21N3O2. The molecule has 0 saturated heterocycles. The lowest BCUT2D eigenvalue weighted by Crippen LogP contribution is -2.39. The summed E-state index contributed by atoms with van der Waals surface area (Å²) in [7, 11) is 3.19. The Labute approximate surface area is 112 Å². The van der Waals surface area contributed by atoms with Gasteiger partial charge in [-0.05, 0) is 31.7 Å². The van der Waals surface area contributed by atoms with Crippen molar-refractivity contribution < 1.29 is 0 Å². The molecule has 0 saturated carbocycles. The third-order valence-corrected chi connectivity index (χ3v) is 3.74. The number of hydrogen-bond acceptors (Lipinski definition) is 3. The molecule has 0 bridgehead atoms. The normalized spacial score (nSPS) is 18.7. The summed E-state index contributed by atoms with van der Waals surface area (Å²) in [4.78, 5) is 23.4. The Morgan fingerprint density at radius 3 is 2.74 bits per heavy atom. The van der Waals surface area contributed by atoms with Gasteiger partial charge in [0.25, 0.3) is 5.56 Å². The van der Waals surface area contributed by atoms with Crippen LogP contribution in [0.2, 0.25) is 0 Å². The molecule has 0 aromatic carbocycles. The highest BCUT2D eigenvalue weighted by Gasteiger charge is 2.10. The van der Waals surface area contributed by atoms with E-state index in [2.05, 4.69) is 17.5 Å². The van der Waals surface area contributed by atoms with E-state index in [1.165, 1.54) is 24.1 Å². The Balaban J connectivity index is 1.98. The third kappa shape index (κ3) is 3.23. The molecule has 19 heavy (non-hydrogen) atoms. The second kappa shape index (κ2) is 6.02. The SMILES string of the molecule is Cn1c(CNCC2CC=CCC2)cc(=O)n(C)c1=O. The van der Waals surface area contributed by atoms with Crippen molar-refractivity contribution in [3.05, 3.63) is 44.8 Å². The van der Waals surface area contributed by atoms with Crippen molar-refractivity contribution in [2.24, 2.45) is 20.0 Å². The van der Waals surface area contributed by atoms with Gasteiger partial charge in [0.2, 0.25) is 0 Å². The molecule has 1 aromatic heterocycles. The van der Waals surface area contributed by atoms with Crippen molar-refractivity contribution in [1.82, 2.24) is 14.5 Å². The van der Waals surface area contributed by atoms with E-state index in [9.17, 15) is 9.59 Å². The number of hydrogen-bond donors (Lipinski definition) is 1. The molecule has 0 aliphatic heterocycles. The summed E-state index contributed by atoms with van der Waals surface area (Å²) in [6.45, 7) is 1.48. The van der Waals surface area contributed by atoms with Gasteiger partial charge in [0, 0.05) is 32.4 Å². The summed E-state index contributed by atoms with van der Waals surface area (Å²) in [5.74, 6) is 0.661. The van der Waals surface area contributed by atoms with E-state index in [1.807, 2.05) is 0 Å². The molecule has 1 aliphatic rings. The highest BCUT2D eigenvalue weighted by Crippen LogP contribution is 2.16. The summed E-state index contributed by atoms with van der Waals surface area (Å²) in [5.41, 5.74) is 0.213. The topological polar surface area (TPSA) is 56.0 Å². The highest BCUT2D eigenvalue weighted by molar-refractivity contribution is 5.02. The van der Waals surface area contributed by atoms with E-state index >= 15 is 0 Å². The average Bonchev–Trinajstić information content (AvgIpc) is 2.43. The second-order valence-electron chi connectivity index (χ2n) is 5.16. The summed E-state index contributed by atoms with van der Waals surface area (Å²) in [5, 5.41) is 3.34. The van der Waals surface area contributed by atoms with E-state index in [0.717, 1.165) is 29.6 Å². The lowest BCUT2D eigenvalue weighted by atomic mass is 9.94. The summed E-state index contributed by atoms with van der Waals surface area (Å²) < 4.78 is 2.64. The molecular weight excluding hydrogens is 242 g/mol. The number of nitrogens with zero attached hydrogens (tertiary/aromatic N) is 2. The minimum Gasteiger partial charge on any atom is -0.311 e. The van der Waals surface area contributed by atoms with Crippen LogP contribution in [0.4, 0.5) is 0 Å². The van der Waals surface area contributed by atoms with Crippen LogP contribution in [0.1, 0.15) is 25.0 Å². The zero-order valence-corrected chi connectivity index (χ0v) is 11.6. The Kier molecular flexibility index (Phi) is 4.37. The largest absolute Gasteiger partial charge is 0.330 e. The quantitative estimate of drug-likeness (QED) is 0.806. The molecule has 1 unspecified atom stereocenters. The lowest BCUT2D eigenvalue weighted by molar-refractivity contribution is 0.435. The third-order valence-electron chi connectivity index (χ3n) is 3.74. The van der Waals surface area contributed by atoms with E-state index in [0.29, 0.717) is 12.5 Å². The van der Waals surface area contributed by atoms with E-state index in [-0.39, 0.29) is 11.2 Å². The number of nitrogens with one attached hydrogen (secondary N) is 1. The van der Waals surface area contributed by atoms with Crippen molar-refractivity contribution in [1.29, 1.82) is 0 Å². The Morgan fingerprint density at radius 2 is 2.05 bits per heavy atom. The van der Waals surface area contributed by atoms with E-state index in [4.69, 9.17) is 0 Å². The first-order valence-corrected chi connectivity index (χ1v) is 6.71. The van der Waals surface area contributed by atoms with Gasteiger partial charge in [-0.25, -0.2) is 4.79 Å². The van der Waals surface area contributed by atoms with E-state index < -0.39 is 0 Å². The first-order valence-electron chi connectivity index (χ1n) is 6.71. The molecule has 0 amide bonds. The maximum absolute atomic E-state index is 11.8. The Morgan fingerprint density at radius 1 is 1.26 bits per heavy atom. The fraction of sp³-hybridized carbons (Fsp3) is 0.571. The first kappa shape index (κ1) is 13.8. The number of rotatable bonds is 4. The van der Waals surface area contributed by atoms with E-state index in [1.54, 1.807) is 7.05 Å². The molecule has 0 radical (unpaired) electrons. The maximum Gasteiger partial charge on any atom is 0.330 e. The summed E-state index contributed by atoms with van der Waals surface area (Å²) in [6.07, 6.45) is 7.92. The van der Waals surface area contributed by atoms with Crippen molar-refractivity contribution in [3.8, 4) is 0 Å². The van der Waals surface area contributed by atoms with Crippen LogP contribution in [0.25, 0.3) is 0 Å². The maximum atomic E-state index is 11.8. The van der Waals surface area contributed by atoms with Crippen molar-refractivity contribution >= 4 is 0 Å². The van der Waals surface area contributed by atoms with Crippen LogP contribution < -0.4 is 16.6 Å². The van der Waals surface area contributed by atoms with Gasteiger partial charge in [-0.2, -0.15) is 0 Å². The monoisotopic (exact) mass is 263 g/mol. The zero-order chi connectivity index (χ0) is 13.8. The fourth-order valence-corrected chi connectivity index (χ4v) is 2.39. The molecule has 1 heterocycles. The fourth-order valence-electron chi connectivity index (χ4n) is 2.39. The molecule has 0 spiro atoms. The smallest absolute Gasteiger partial charge is 0.311 e. The predicted molar refractivity (Wildman–Crippen MR) is 75.1 cm³/mol. The minimum absolute atomic E-state index is 0.250. The van der Waals surface area contributed by atoms with Gasteiger partial charge in [-0.3, -0.25) is 13.9 Å². The summed E-state index contributed by atoms with van der Waals surface area (Å²) in [6, 6.07) is 1.52. The molecule has 1 N–H and O–H groups in total. The lowest BCUT2D eigenvalue weighted by Gasteiger charge is -2.18. The van der Waals surface area contributed by atoms with Crippen LogP contribution in [0, 0.1) is 5.92 Å². The second-order valence-corrected chi connectivity index (χ2v) is 5.16. The average molecular weight is 263 g/mol. The van der Waals surface area contributed by atoms with Gasteiger partial charge in [-0.15, -0.1) is 0 Å². The van der Waals surface area contributed by atoms with Crippen molar-refractivity contribution in [2.75, 3.05) is 6.54 Å². The van der Waals surface area contributed by atoms with Gasteiger partial charge in [0.05, 0.1) is 0 Å². The van der Waals surface area contributed by atoms with Crippen molar-refractivity contribution in [3.63, 3.8) is 0 Å². The van der Waals surface area contributed by atoms with Gasteiger partial charge in [0.1, 0.15) is 0 Å². The first-order chi connectivity index (χ1) is 9.09. The van der Waals surface area contributed by atoms with Gasteiger partial charge >= 0.3 is 5.69 Å². The van der Waals surface area contributed by atoms with Crippen LogP contribution >= 0.6 is 0 Å². The standard InChI is InChI=1S/C14H21N3O2/c1-16-12(8-13(18)17(2)14(16)19)10-15-9-11-6-4-3-5-7-11/h3-4,8,11,15H,5-7,9-10H2,1-2H3. The predicted octanol–water partition coefficient (Wildman–Crippen LogP) is 0.530. The number of aromatic nitrogens is 2. The Hall–Kier alpha value is -1.62.